The fourth-order valence-electron chi connectivity index (χ4n) is 3.31. The molecule has 4 rings (SSSR count). The van der Waals surface area contributed by atoms with E-state index in [9.17, 15) is 9.59 Å². The third-order valence-corrected chi connectivity index (χ3v) is 5.71. The SMILES string of the molecule is COc1ccc(OC)c([C@H](C)NC(=O)Cn2ncn3c(cc4ccsc43)c2=O)c1. The molecule has 4 aromatic rings. The first-order chi connectivity index (χ1) is 14.0. The van der Waals surface area contributed by atoms with Crippen molar-refractivity contribution < 1.29 is 14.3 Å². The van der Waals surface area contributed by atoms with Gasteiger partial charge in [-0.1, -0.05) is 0 Å². The first-order valence-electron chi connectivity index (χ1n) is 8.97. The molecule has 8 nitrogen and oxygen atoms in total. The van der Waals surface area contributed by atoms with Crippen molar-refractivity contribution >= 4 is 33.0 Å². The highest BCUT2D eigenvalue weighted by atomic mass is 32.1. The number of benzene rings is 1. The predicted molar refractivity (Wildman–Crippen MR) is 111 cm³/mol. The van der Waals surface area contributed by atoms with Crippen LogP contribution in [0, 0.1) is 0 Å². The summed E-state index contributed by atoms with van der Waals surface area (Å²) in [5.74, 6) is 0.983. The Hall–Kier alpha value is -3.33. The number of carbonyl (C=O) groups excluding carboxylic acids is 1. The van der Waals surface area contributed by atoms with Gasteiger partial charge in [0.15, 0.2) is 0 Å². The van der Waals surface area contributed by atoms with Crippen LogP contribution in [0.3, 0.4) is 0 Å². The second-order valence-electron chi connectivity index (χ2n) is 6.57. The van der Waals surface area contributed by atoms with Gasteiger partial charge in [-0.05, 0) is 42.6 Å². The molecule has 0 unspecified atom stereocenters. The molecule has 0 saturated carbocycles. The lowest BCUT2D eigenvalue weighted by molar-refractivity contribution is -0.122. The first-order valence-corrected chi connectivity index (χ1v) is 9.85. The first kappa shape index (κ1) is 19.0. The molecular formula is C20H20N4O4S. The standard InChI is InChI=1S/C20H20N4O4S/c1-12(15-9-14(27-2)4-5-17(15)28-3)22-18(25)10-24-19(26)16-8-13-6-7-29-20(13)23(16)11-21-24/h4-9,11-12H,10H2,1-3H3,(H,22,25)/t12-/m0/s1. The minimum absolute atomic E-state index is 0.176. The Kier molecular flexibility index (Phi) is 4.98. The van der Waals surface area contributed by atoms with Crippen LogP contribution < -0.4 is 20.3 Å². The normalized spacial score (nSPS) is 12.2. The fraction of sp³-hybridized carbons (Fsp3) is 0.250. The summed E-state index contributed by atoms with van der Waals surface area (Å²) in [4.78, 5) is 26.3. The Labute approximate surface area is 170 Å². The molecule has 3 aromatic heterocycles. The highest BCUT2D eigenvalue weighted by molar-refractivity contribution is 7.16. The minimum atomic E-state index is -0.342. The molecule has 0 aliphatic rings. The number of fused-ring (bicyclic) bond motifs is 3. The number of carbonyl (C=O) groups is 1. The lowest BCUT2D eigenvalue weighted by Crippen LogP contribution is -2.35. The van der Waals surface area contributed by atoms with E-state index in [1.807, 2.05) is 30.5 Å². The van der Waals surface area contributed by atoms with Crippen molar-refractivity contribution in [3.8, 4) is 11.5 Å². The van der Waals surface area contributed by atoms with E-state index in [1.165, 1.54) is 16.0 Å². The topological polar surface area (TPSA) is 86.9 Å². The molecule has 1 atom stereocenters. The number of hydrogen-bond donors (Lipinski definition) is 1. The van der Waals surface area contributed by atoms with E-state index < -0.39 is 0 Å². The van der Waals surface area contributed by atoms with Gasteiger partial charge in [-0.25, -0.2) is 4.68 Å². The maximum atomic E-state index is 12.7. The lowest BCUT2D eigenvalue weighted by Gasteiger charge is -2.18. The monoisotopic (exact) mass is 412 g/mol. The van der Waals surface area contributed by atoms with Crippen molar-refractivity contribution in [2.45, 2.75) is 19.5 Å². The number of amides is 1. The molecule has 0 bridgehead atoms. The number of nitrogens with zero attached hydrogens (tertiary/aromatic N) is 3. The van der Waals surface area contributed by atoms with Crippen molar-refractivity contribution in [1.82, 2.24) is 19.5 Å². The second kappa shape index (κ2) is 7.59. The van der Waals surface area contributed by atoms with Gasteiger partial charge in [-0.3, -0.25) is 14.0 Å². The van der Waals surface area contributed by atoms with Crippen LogP contribution in [0.25, 0.3) is 15.7 Å². The Morgan fingerprint density at radius 1 is 1.24 bits per heavy atom. The molecule has 1 N–H and O–H groups in total. The molecule has 0 spiro atoms. The molecule has 3 heterocycles. The van der Waals surface area contributed by atoms with Gasteiger partial charge in [0, 0.05) is 10.9 Å². The summed E-state index contributed by atoms with van der Waals surface area (Å²) < 4.78 is 13.6. The van der Waals surface area contributed by atoms with Crippen LogP contribution in [-0.4, -0.2) is 34.3 Å². The average Bonchev–Trinajstić information content (AvgIpc) is 3.31. The number of rotatable bonds is 6. The molecule has 150 valence electrons. The molecule has 29 heavy (non-hydrogen) atoms. The molecule has 1 amide bonds. The second-order valence-corrected chi connectivity index (χ2v) is 7.47. The van der Waals surface area contributed by atoms with Gasteiger partial charge < -0.3 is 14.8 Å². The average molecular weight is 412 g/mol. The van der Waals surface area contributed by atoms with Crippen LogP contribution in [0.2, 0.25) is 0 Å². The quantitative estimate of drug-likeness (QED) is 0.526. The Bertz CT molecular complexity index is 1260. The Morgan fingerprint density at radius 3 is 2.83 bits per heavy atom. The van der Waals surface area contributed by atoms with E-state index in [1.54, 1.807) is 37.1 Å². The van der Waals surface area contributed by atoms with E-state index in [0.717, 1.165) is 15.8 Å². The summed E-state index contributed by atoms with van der Waals surface area (Å²) in [5, 5.41) is 9.99. The van der Waals surface area contributed by atoms with Crippen molar-refractivity contribution in [3.63, 3.8) is 0 Å². The third-order valence-electron chi connectivity index (χ3n) is 4.78. The van der Waals surface area contributed by atoms with Crippen molar-refractivity contribution in [2.75, 3.05) is 14.2 Å². The van der Waals surface area contributed by atoms with E-state index in [0.29, 0.717) is 17.0 Å². The number of hydrogen-bond acceptors (Lipinski definition) is 6. The Balaban J connectivity index is 1.55. The highest BCUT2D eigenvalue weighted by Crippen LogP contribution is 2.29. The molecule has 0 fully saturated rings. The van der Waals surface area contributed by atoms with Gasteiger partial charge in [-0.2, -0.15) is 5.10 Å². The van der Waals surface area contributed by atoms with Crippen LogP contribution >= 0.6 is 11.3 Å². The summed E-state index contributed by atoms with van der Waals surface area (Å²) in [6.07, 6.45) is 1.57. The van der Waals surface area contributed by atoms with Gasteiger partial charge in [-0.15, -0.1) is 11.3 Å². The van der Waals surface area contributed by atoms with Crippen molar-refractivity contribution in [3.05, 3.63) is 58.0 Å². The zero-order valence-electron chi connectivity index (χ0n) is 16.2. The van der Waals surface area contributed by atoms with E-state index in [2.05, 4.69) is 10.4 Å². The molecule has 0 aliphatic carbocycles. The van der Waals surface area contributed by atoms with Crippen LogP contribution in [0.1, 0.15) is 18.5 Å². The van der Waals surface area contributed by atoms with Crippen LogP contribution in [0.5, 0.6) is 11.5 Å². The molecule has 0 radical (unpaired) electrons. The highest BCUT2D eigenvalue weighted by Gasteiger charge is 2.17. The zero-order valence-corrected chi connectivity index (χ0v) is 17.0. The summed E-state index contributed by atoms with van der Waals surface area (Å²) in [6.45, 7) is 1.67. The number of ether oxygens (including phenoxy) is 2. The number of thiophene rings is 1. The van der Waals surface area contributed by atoms with Gasteiger partial charge in [0.05, 0.1) is 20.3 Å². The number of methoxy groups -OCH3 is 2. The van der Waals surface area contributed by atoms with Gasteiger partial charge in [0.1, 0.15) is 34.7 Å². The summed E-state index contributed by atoms with van der Waals surface area (Å²) in [5.41, 5.74) is 0.970. The minimum Gasteiger partial charge on any atom is -0.497 e. The largest absolute Gasteiger partial charge is 0.497 e. The van der Waals surface area contributed by atoms with Gasteiger partial charge >= 0.3 is 0 Å². The van der Waals surface area contributed by atoms with Crippen molar-refractivity contribution in [2.24, 2.45) is 0 Å². The van der Waals surface area contributed by atoms with Gasteiger partial charge in [0.25, 0.3) is 5.56 Å². The maximum Gasteiger partial charge on any atom is 0.291 e. The smallest absolute Gasteiger partial charge is 0.291 e. The maximum absolute atomic E-state index is 12.7. The Morgan fingerprint density at radius 2 is 2.07 bits per heavy atom. The van der Waals surface area contributed by atoms with Gasteiger partial charge in [0.2, 0.25) is 5.91 Å². The van der Waals surface area contributed by atoms with Crippen LogP contribution in [-0.2, 0) is 11.3 Å². The van der Waals surface area contributed by atoms with Crippen molar-refractivity contribution in [1.29, 1.82) is 0 Å². The molecule has 1 aromatic carbocycles. The number of nitrogens with one attached hydrogen (secondary N) is 1. The van der Waals surface area contributed by atoms with Crippen LogP contribution in [0.15, 0.2) is 46.8 Å². The van der Waals surface area contributed by atoms with E-state index >= 15 is 0 Å². The summed E-state index contributed by atoms with van der Waals surface area (Å²) in [7, 11) is 3.15. The predicted octanol–water partition coefficient (Wildman–Crippen LogP) is 2.61. The molecule has 9 heteroatoms. The fourth-order valence-corrected chi connectivity index (χ4v) is 4.18. The zero-order chi connectivity index (χ0) is 20.5. The van der Waals surface area contributed by atoms with E-state index in [4.69, 9.17) is 9.47 Å². The third kappa shape index (κ3) is 3.44. The summed E-state index contributed by atoms with van der Waals surface area (Å²) in [6, 6.07) is 8.81. The molecular weight excluding hydrogens is 392 g/mol. The number of aromatic nitrogens is 3. The molecule has 0 saturated heterocycles. The summed E-state index contributed by atoms with van der Waals surface area (Å²) >= 11 is 1.54. The lowest BCUT2D eigenvalue weighted by atomic mass is 10.1. The van der Waals surface area contributed by atoms with E-state index in [-0.39, 0.29) is 24.1 Å². The molecule has 0 aliphatic heterocycles. The van der Waals surface area contributed by atoms with Crippen LogP contribution in [0.4, 0.5) is 0 Å².